The van der Waals surface area contributed by atoms with Crippen LogP contribution in [0.3, 0.4) is 0 Å². The molecule has 5 heteroatoms. The Morgan fingerprint density at radius 2 is 2.08 bits per heavy atom. The van der Waals surface area contributed by atoms with E-state index in [-0.39, 0.29) is 11.4 Å². The van der Waals surface area contributed by atoms with Crippen LogP contribution in [-0.2, 0) is 6.42 Å². The molecule has 0 amide bonds. The highest BCUT2D eigenvalue weighted by Crippen LogP contribution is 2.40. The van der Waals surface area contributed by atoms with Crippen molar-refractivity contribution in [2.24, 2.45) is 0 Å². The number of para-hydroxylation sites is 1. The summed E-state index contributed by atoms with van der Waals surface area (Å²) in [7, 11) is 1.59. The van der Waals surface area contributed by atoms with E-state index in [0.717, 1.165) is 27.9 Å². The van der Waals surface area contributed by atoms with Gasteiger partial charge in [-0.3, -0.25) is 4.79 Å². The molecule has 122 valence electrons. The average molecular weight is 324 g/mol. The molecule has 0 fully saturated rings. The van der Waals surface area contributed by atoms with E-state index in [1.807, 2.05) is 25.1 Å². The second-order valence-corrected chi connectivity index (χ2v) is 6.00. The van der Waals surface area contributed by atoms with Gasteiger partial charge in [-0.25, -0.2) is 4.39 Å². The standard InChI is InChI=1S/C19H17FN2O2/c1-11-10-12(20)6-7-15(11)22-9-8-14-18(22)13-4-3-5-16(24-2)17(13)21-19(14)23/h3-7,10H,8-9H2,1-2H3,(H,21,23). The van der Waals surface area contributed by atoms with Crippen LogP contribution in [0.5, 0.6) is 5.75 Å². The molecule has 4 rings (SSSR count). The van der Waals surface area contributed by atoms with Crippen LogP contribution < -0.4 is 15.2 Å². The quantitative estimate of drug-likeness (QED) is 0.782. The molecule has 24 heavy (non-hydrogen) atoms. The van der Waals surface area contributed by atoms with Gasteiger partial charge in [-0.1, -0.05) is 12.1 Å². The number of aryl methyl sites for hydroxylation is 1. The van der Waals surface area contributed by atoms with Gasteiger partial charge in [-0.2, -0.15) is 0 Å². The molecule has 3 aromatic rings. The van der Waals surface area contributed by atoms with Crippen molar-refractivity contribution in [3.8, 4) is 5.75 Å². The smallest absolute Gasteiger partial charge is 0.253 e. The fourth-order valence-electron chi connectivity index (χ4n) is 3.52. The molecule has 1 aliphatic rings. The van der Waals surface area contributed by atoms with Gasteiger partial charge in [-0.15, -0.1) is 0 Å². The lowest BCUT2D eigenvalue weighted by atomic mass is 10.1. The second kappa shape index (κ2) is 5.37. The number of ether oxygens (including phenoxy) is 1. The Balaban J connectivity index is 2.02. The minimum atomic E-state index is -0.256. The van der Waals surface area contributed by atoms with Crippen molar-refractivity contribution in [2.45, 2.75) is 13.3 Å². The molecule has 2 aromatic carbocycles. The summed E-state index contributed by atoms with van der Waals surface area (Å²) in [6, 6.07) is 10.5. The van der Waals surface area contributed by atoms with E-state index in [4.69, 9.17) is 4.74 Å². The summed E-state index contributed by atoms with van der Waals surface area (Å²) in [5.74, 6) is 0.378. The summed E-state index contributed by atoms with van der Waals surface area (Å²) in [6.45, 7) is 2.58. The predicted molar refractivity (Wildman–Crippen MR) is 93.0 cm³/mol. The summed E-state index contributed by atoms with van der Waals surface area (Å²) in [4.78, 5) is 17.5. The van der Waals surface area contributed by atoms with E-state index >= 15 is 0 Å². The monoisotopic (exact) mass is 324 g/mol. The maximum absolute atomic E-state index is 13.5. The first kappa shape index (κ1) is 14.8. The molecule has 0 atom stereocenters. The Morgan fingerprint density at radius 3 is 2.83 bits per heavy atom. The molecule has 1 N–H and O–H groups in total. The minimum absolute atomic E-state index is 0.0933. The summed E-state index contributed by atoms with van der Waals surface area (Å²) in [5, 5.41) is 0.935. The van der Waals surface area contributed by atoms with E-state index in [9.17, 15) is 9.18 Å². The SMILES string of the molecule is COc1cccc2c3c(c(=O)[nH]c12)CCN3c1ccc(F)cc1C. The number of fused-ring (bicyclic) bond motifs is 3. The highest BCUT2D eigenvalue weighted by atomic mass is 19.1. The summed E-state index contributed by atoms with van der Waals surface area (Å²) >= 11 is 0. The molecule has 0 bridgehead atoms. The van der Waals surface area contributed by atoms with Crippen LogP contribution in [0.25, 0.3) is 10.9 Å². The van der Waals surface area contributed by atoms with Crippen LogP contribution in [0, 0.1) is 12.7 Å². The van der Waals surface area contributed by atoms with Crippen molar-refractivity contribution in [1.82, 2.24) is 4.98 Å². The number of nitrogens with one attached hydrogen (secondary N) is 1. The molecule has 0 radical (unpaired) electrons. The number of rotatable bonds is 2. The molecule has 0 aliphatic carbocycles. The molecule has 1 aromatic heterocycles. The third-order valence-electron chi connectivity index (χ3n) is 4.60. The second-order valence-electron chi connectivity index (χ2n) is 6.00. The highest BCUT2D eigenvalue weighted by Gasteiger charge is 2.27. The largest absolute Gasteiger partial charge is 0.495 e. The lowest BCUT2D eigenvalue weighted by molar-refractivity contribution is 0.419. The maximum Gasteiger partial charge on any atom is 0.253 e. The number of nitrogens with zero attached hydrogens (tertiary/aromatic N) is 1. The zero-order valence-electron chi connectivity index (χ0n) is 13.5. The van der Waals surface area contributed by atoms with Gasteiger partial charge in [0.2, 0.25) is 0 Å². The number of pyridine rings is 1. The molecular weight excluding hydrogens is 307 g/mol. The summed E-state index contributed by atoms with van der Waals surface area (Å²) in [6.07, 6.45) is 0.661. The van der Waals surface area contributed by atoms with Crippen molar-refractivity contribution in [1.29, 1.82) is 0 Å². The topological polar surface area (TPSA) is 45.3 Å². The van der Waals surface area contributed by atoms with Gasteiger partial charge in [0, 0.05) is 23.2 Å². The predicted octanol–water partition coefficient (Wildman–Crippen LogP) is 3.68. The van der Waals surface area contributed by atoms with Crippen molar-refractivity contribution < 1.29 is 9.13 Å². The van der Waals surface area contributed by atoms with Crippen molar-refractivity contribution in [3.05, 3.63) is 63.7 Å². The van der Waals surface area contributed by atoms with Crippen molar-refractivity contribution in [2.75, 3.05) is 18.6 Å². The summed E-state index contributed by atoms with van der Waals surface area (Å²) in [5.41, 5.74) is 4.02. The number of hydrogen-bond acceptors (Lipinski definition) is 3. The van der Waals surface area contributed by atoms with Gasteiger partial charge < -0.3 is 14.6 Å². The Hall–Kier alpha value is -2.82. The number of anilines is 2. The van der Waals surface area contributed by atoms with Gasteiger partial charge in [-0.05, 0) is 43.2 Å². The summed E-state index contributed by atoms with van der Waals surface area (Å²) < 4.78 is 18.8. The zero-order chi connectivity index (χ0) is 16.8. The van der Waals surface area contributed by atoms with Crippen LogP contribution >= 0.6 is 0 Å². The third kappa shape index (κ3) is 2.08. The Morgan fingerprint density at radius 1 is 1.25 bits per heavy atom. The van der Waals surface area contributed by atoms with E-state index in [1.54, 1.807) is 13.2 Å². The van der Waals surface area contributed by atoms with Gasteiger partial charge in [0.25, 0.3) is 5.56 Å². The van der Waals surface area contributed by atoms with Crippen LogP contribution in [0.15, 0.2) is 41.2 Å². The lowest BCUT2D eigenvalue weighted by Gasteiger charge is -2.23. The van der Waals surface area contributed by atoms with Crippen LogP contribution in [0.1, 0.15) is 11.1 Å². The van der Waals surface area contributed by atoms with E-state index in [1.165, 1.54) is 12.1 Å². The molecule has 0 saturated carbocycles. The normalized spacial score (nSPS) is 13.4. The number of aromatic amines is 1. The maximum atomic E-state index is 13.5. The van der Waals surface area contributed by atoms with Gasteiger partial charge in [0.05, 0.1) is 18.3 Å². The molecule has 1 aliphatic heterocycles. The number of H-pyrrole nitrogens is 1. The molecule has 2 heterocycles. The average Bonchev–Trinajstić information content (AvgIpc) is 3.00. The fourth-order valence-corrected chi connectivity index (χ4v) is 3.52. The first-order chi connectivity index (χ1) is 11.6. The zero-order valence-corrected chi connectivity index (χ0v) is 13.5. The van der Waals surface area contributed by atoms with Gasteiger partial charge in [0.1, 0.15) is 11.6 Å². The van der Waals surface area contributed by atoms with E-state index < -0.39 is 0 Å². The van der Waals surface area contributed by atoms with Crippen LogP contribution in [0.4, 0.5) is 15.8 Å². The lowest BCUT2D eigenvalue weighted by Crippen LogP contribution is -2.16. The minimum Gasteiger partial charge on any atom is -0.495 e. The molecule has 0 spiro atoms. The van der Waals surface area contributed by atoms with Gasteiger partial charge >= 0.3 is 0 Å². The first-order valence-electron chi connectivity index (χ1n) is 7.85. The fraction of sp³-hybridized carbons (Fsp3) is 0.211. The highest BCUT2D eigenvalue weighted by molar-refractivity contribution is 5.99. The molecule has 0 saturated heterocycles. The van der Waals surface area contributed by atoms with Gasteiger partial charge in [0.15, 0.2) is 0 Å². The van der Waals surface area contributed by atoms with E-state index in [2.05, 4.69) is 9.88 Å². The first-order valence-corrected chi connectivity index (χ1v) is 7.85. The third-order valence-corrected chi connectivity index (χ3v) is 4.60. The number of methoxy groups -OCH3 is 1. The molecule has 4 nitrogen and oxygen atoms in total. The van der Waals surface area contributed by atoms with Crippen molar-refractivity contribution >= 4 is 22.3 Å². The van der Waals surface area contributed by atoms with E-state index in [0.29, 0.717) is 24.2 Å². The van der Waals surface area contributed by atoms with Crippen LogP contribution in [-0.4, -0.2) is 18.6 Å². The molecule has 0 unspecified atom stereocenters. The Kier molecular flexibility index (Phi) is 3.30. The number of aromatic nitrogens is 1. The number of halogens is 1. The Labute approximate surface area is 138 Å². The number of benzene rings is 2. The van der Waals surface area contributed by atoms with Crippen molar-refractivity contribution in [3.63, 3.8) is 0 Å². The molecular formula is C19H17FN2O2. The number of hydrogen-bond donors (Lipinski definition) is 1. The Bertz CT molecular complexity index is 1010. The van der Waals surface area contributed by atoms with Crippen LogP contribution in [0.2, 0.25) is 0 Å².